The number of hydrogen-bond donors (Lipinski definition) is 1. The van der Waals surface area contributed by atoms with Gasteiger partial charge in [-0.3, -0.25) is 4.79 Å². The fourth-order valence-corrected chi connectivity index (χ4v) is 6.08. The summed E-state index contributed by atoms with van der Waals surface area (Å²) in [7, 11) is 0. The Bertz CT molecular complexity index is 800. The lowest BCUT2D eigenvalue weighted by Gasteiger charge is -2.29. The van der Waals surface area contributed by atoms with Crippen LogP contribution in [0.3, 0.4) is 0 Å². The highest BCUT2D eigenvalue weighted by Crippen LogP contribution is 2.55. The van der Waals surface area contributed by atoms with Gasteiger partial charge in [-0.05, 0) is 43.7 Å². The first-order valence-corrected chi connectivity index (χ1v) is 10.7. The molecule has 1 spiro atoms. The van der Waals surface area contributed by atoms with Crippen molar-refractivity contribution in [3.05, 3.63) is 23.9 Å². The second kappa shape index (κ2) is 7.04. The number of rotatable bonds is 5. The lowest BCUT2D eigenvalue weighted by atomic mass is 9.73. The van der Waals surface area contributed by atoms with Crippen LogP contribution in [0, 0.1) is 29.1 Å². The summed E-state index contributed by atoms with van der Waals surface area (Å²) in [6, 6.07) is 5.80. The molecule has 4 atom stereocenters. The average molecular weight is 380 g/mol. The van der Waals surface area contributed by atoms with Gasteiger partial charge in [0.1, 0.15) is 5.82 Å². The number of nitriles is 1. The zero-order chi connectivity index (χ0) is 19.1. The number of pyridine rings is 1. The molecule has 1 aromatic heterocycles. The minimum Gasteiger partial charge on any atom is -0.369 e. The maximum absolute atomic E-state index is 12.4. The molecule has 1 amide bonds. The van der Waals surface area contributed by atoms with Gasteiger partial charge in [0.2, 0.25) is 5.91 Å². The maximum atomic E-state index is 12.4. The van der Waals surface area contributed by atoms with E-state index in [1.54, 1.807) is 12.3 Å². The molecule has 1 N–H and O–H groups in total. The molecule has 4 fully saturated rings. The van der Waals surface area contributed by atoms with Crippen molar-refractivity contribution in [2.24, 2.45) is 17.8 Å². The Kier molecular flexibility index (Phi) is 4.51. The first-order chi connectivity index (χ1) is 13.7. The molecular formula is C22H28N4O2. The molecule has 4 heterocycles. The average Bonchev–Trinajstić information content (AvgIpc) is 3.47. The third-order valence-corrected chi connectivity index (χ3v) is 7.47. The molecule has 0 unspecified atom stereocenters. The van der Waals surface area contributed by atoms with Gasteiger partial charge in [-0.15, -0.1) is 0 Å². The lowest BCUT2D eigenvalue weighted by Crippen LogP contribution is -2.42. The first-order valence-electron chi connectivity index (χ1n) is 10.7. The second-order valence-corrected chi connectivity index (χ2v) is 9.08. The quantitative estimate of drug-likeness (QED) is 0.850. The van der Waals surface area contributed by atoms with Crippen molar-refractivity contribution in [3.8, 4) is 6.07 Å². The SMILES string of the molecule is N#Cc1ccnc(N2C[C@@H]3[C@H](CNC(=O)CC4CCCC4)[C@H]4CC[C@]3(C2)O4)c1. The molecular weight excluding hydrogens is 352 g/mol. The van der Waals surface area contributed by atoms with Gasteiger partial charge in [0.15, 0.2) is 0 Å². The van der Waals surface area contributed by atoms with Gasteiger partial charge in [-0.1, -0.05) is 12.8 Å². The molecule has 0 radical (unpaired) electrons. The zero-order valence-electron chi connectivity index (χ0n) is 16.3. The summed E-state index contributed by atoms with van der Waals surface area (Å²) >= 11 is 0. The molecule has 3 aliphatic heterocycles. The fourth-order valence-electron chi connectivity index (χ4n) is 6.08. The number of amides is 1. The summed E-state index contributed by atoms with van der Waals surface area (Å²) in [5, 5.41) is 12.4. The van der Waals surface area contributed by atoms with Crippen LogP contribution in [0.4, 0.5) is 5.82 Å². The van der Waals surface area contributed by atoms with Crippen molar-refractivity contribution in [1.29, 1.82) is 5.26 Å². The summed E-state index contributed by atoms with van der Waals surface area (Å²) in [6.07, 6.45) is 9.80. The Morgan fingerprint density at radius 3 is 3.07 bits per heavy atom. The lowest BCUT2D eigenvalue weighted by molar-refractivity contribution is -0.122. The monoisotopic (exact) mass is 380 g/mol. The highest BCUT2D eigenvalue weighted by Gasteiger charge is 2.63. The van der Waals surface area contributed by atoms with E-state index < -0.39 is 0 Å². The van der Waals surface area contributed by atoms with Crippen molar-refractivity contribution >= 4 is 11.7 Å². The Hall–Kier alpha value is -2.13. The van der Waals surface area contributed by atoms with Crippen LogP contribution in [-0.2, 0) is 9.53 Å². The number of anilines is 1. The number of carbonyl (C=O) groups is 1. The van der Waals surface area contributed by atoms with Crippen molar-refractivity contribution in [2.75, 3.05) is 24.5 Å². The Morgan fingerprint density at radius 2 is 2.25 bits per heavy atom. The second-order valence-electron chi connectivity index (χ2n) is 9.08. The summed E-state index contributed by atoms with van der Waals surface area (Å²) in [4.78, 5) is 19.2. The van der Waals surface area contributed by atoms with Gasteiger partial charge in [-0.2, -0.15) is 5.26 Å². The van der Waals surface area contributed by atoms with Crippen LogP contribution in [0.5, 0.6) is 0 Å². The van der Waals surface area contributed by atoms with Crippen molar-refractivity contribution in [1.82, 2.24) is 10.3 Å². The molecule has 1 aliphatic carbocycles. The third-order valence-electron chi connectivity index (χ3n) is 7.47. The highest BCUT2D eigenvalue weighted by molar-refractivity contribution is 5.76. The molecule has 2 bridgehead atoms. The number of hydrogen-bond acceptors (Lipinski definition) is 5. The van der Waals surface area contributed by atoms with Crippen LogP contribution in [0.2, 0.25) is 0 Å². The molecule has 5 rings (SSSR count). The summed E-state index contributed by atoms with van der Waals surface area (Å²) < 4.78 is 6.48. The van der Waals surface area contributed by atoms with E-state index in [4.69, 9.17) is 4.74 Å². The van der Waals surface area contributed by atoms with Crippen LogP contribution in [0.25, 0.3) is 0 Å². The van der Waals surface area contributed by atoms with Crippen LogP contribution in [-0.4, -0.2) is 42.2 Å². The zero-order valence-corrected chi connectivity index (χ0v) is 16.3. The molecule has 148 valence electrons. The van der Waals surface area contributed by atoms with Crippen LogP contribution in [0.15, 0.2) is 18.3 Å². The number of carbonyl (C=O) groups excluding carboxylic acids is 1. The Morgan fingerprint density at radius 1 is 1.39 bits per heavy atom. The fraction of sp³-hybridized carbons (Fsp3) is 0.682. The summed E-state index contributed by atoms with van der Waals surface area (Å²) in [6.45, 7) is 2.45. The van der Waals surface area contributed by atoms with Gasteiger partial charge >= 0.3 is 0 Å². The van der Waals surface area contributed by atoms with Crippen LogP contribution >= 0.6 is 0 Å². The number of nitrogens with zero attached hydrogens (tertiary/aromatic N) is 3. The predicted molar refractivity (Wildman–Crippen MR) is 105 cm³/mol. The van der Waals surface area contributed by atoms with E-state index >= 15 is 0 Å². The minimum absolute atomic E-state index is 0.101. The topological polar surface area (TPSA) is 78.3 Å². The van der Waals surface area contributed by atoms with Crippen molar-refractivity contribution in [2.45, 2.75) is 56.7 Å². The minimum atomic E-state index is -0.101. The van der Waals surface area contributed by atoms with E-state index in [9.17, 15) is 10.1 Å². The van der Waals surface area contributed by atoms with Gasteiger partial charge < -0.3 is 15.0 Å². The molecule has 3 saturated heterocycles. The largest absolute Gasteiger partial charge is 0.369 e. The van der Waals surface area contributed by atoms with E-state index in [1.165, 1.54) is 25.7 Å². The van der Waals surface area contributed by atoms with E-state index in [1.807, 2.05) is 6.07 Å². The number of fused-ring (bicyclic) bond motifs is 1. The first kappa shape index (κ1) is 17.9. The van der Waals surface area contributed by atoms with Crippen LogP contribution in [0.1, 0.15) is 50.5 Å². The number of ether oxygens (including phenoxy) is 1. The van der Waals surface area contributed by atoms with Gasteiger partial charge in [0.25, 0.3) is 0 Å². The van der Waals surface area contributed by atoms with Crippen molar-refractivity contribution in [3.63, 3.8) is 0 Å². The number of aromatic nitrogens is 1. The van der Waals surface area contributed by atoms with E-state index in [-0.39, 0.29) is 17.6 Å². The number of nitrogens with one attached hydrogen (secondary N) is 1. The molecule has 1 saturated carbocycles. The predicted octanol–water partition coefficient (Wildman–Crippen LogP) is 2.63. The normalized spacial score (nSPS) is 33.8. The third kappa shape index (κ3) is 3.06. The van der Waals surface area contributed by atoms with Gasteiger partial charge in [0, 0.05) is 44.1 Å². The van der Waals surface area contributed by atoms with Gasteiger partial charge in [-0.25, -0.2) is 4.98 Å². The molecule has 1 aromatic rings. The van der Waals surface area contributed by atoms with Crippen molar-refractivity contribution < 1.29 is 9.53 Å². The van der Waals surface area contributed by atoms with E-state index in [0.717, 1.165) is 38.3 Å². The molecule has 0 aromatic carbocycles. The summed E-state index contributed by atoms with van der Waals surface area (Å²) in [5.74, 6) is 2.46. The summed E-state index contributed by atoms with van der Waals surface area (Å²) in [5.41, 5.74) is 0.538. The van der Waals surface area contributed by atoms with E-state index in [2.05, 4.69) is 21.3 Å². The molecule has 4 aliphatic rings. The van der Waals surface area contributed by atoms with E-state index in [0.29, 0.717) is 29.7 Å². The Labute approximate surface area is 166 Å². The molecule has 28 heavy (non-hydrogen) atoms. The smallest absolute Gasteiger partial charge is 0.220 e. The standard InChI is InChI=1S/C22H28N4O2/c23-11-16-6-8-24-20(9-16)26-13-18-17(19-5-7-22(18,14-26)28-19)12-25-21(27)10-15-3-1-2-4-15/h6,8-9,15,17-19H,1-5,7,10,12-14H2,(H,25,27)/t17-,18+,19+,22+/m0/s1. The van der Waals surface area contributed by atoms with Crippen LogP contribution < -0.4 is 10.2 Å². The highest BCUT2D eigenvalue weighted by atomic mass is 16.5. The molecule has 6 heteroatoms. The Balaban J connectivity index is 1.24. The maximum Gasteiger partial charge on any atom is 0.220 e. The van der Waals surface area contributed by atoms with Gasteiger partial charge in [0.05, 0.1) is 23.3 Å². The molecule has 6 nitrogen and oxygen atoms in total.